The second-order valence-electron chi connectivity index (χ2n) is 9.85. The van der Waals surface area contributed by atoms with Gasteiger partial charge in [-0.25, -0.2) is 4.18 Å². The number of aliphatic hydroxyl groups is 1. The lowest BCUT2D eigenvalue weighted by Crippen LogP contribution is -2.28. The zero-order chi connectivity index (χ0) is 24.8. The van der Waals surface area contributed by atoms with Crippen molar-refractivity contribution in [1.82, 2.24) is 5.32 Å². The molecule has 0 aliphatic carbocycles. The number of carbonyl (C=O) groups excluding carboxylic acids is 1. The summed E-state index contributed by atoms with van der Waals surface area (Å²) in [6.45, 7) is 4.14. The molecule has 0 aromatic rings. The number of unbranched alkanes of at least 4 members (excludes halogenated alkanes) is 15. The molecule has 0 unspecified atom stereocenters. The summed E-state index contributed by atoms with van der Waals surface area (Å²) in [7, 11) is -4.44. The Balaban J connectivity index is 3.35. The summed E-state index contributed by atoms with van der Waals surface area (Å²) < 4.78 is 35.0. The van der Waals surface area contributed by atoms with Crippen molar-refractivity contribution >= 4 is 16.3 Å². The van der Waals surface area contributed by atoms with Crippen LogP contribution in [0.1, 0.15) is 136 Å². The van der Waals surface area contributed by atoms with Crippen LogP contribution in [0.4, 0.5) is 0 Å². The van der Waals surface area contributed by atoms with Crippen molar-refractivity contribution in [1.29, 1.82) is 0 Å². The zero-order valence-electron chi connectivity index (χ0n) is 21.3. The molecule has 0 radical (unpaired) electrons. The number of carbonyl (C=O) groups is 1. The fourth-order valence-corrected chi connectivity index (χ4v) is 4.67. The average Bonchev–Trinajstić information content (AvgIpc) is 2.71. The molecule has 3 N–H and O–H groups in total. The van der Waals surface area contributed by atoms with Crippen LogP contribution in [0.15, 0.2) is 0 Å². The van der Waals surface area contributed by atoms with Crippen LogP contribution in [-0.2, 0) is 19.4 Å². The van der Waals surface area contributed by atoms with Crippen molar-refractivity contribution in [2.75, 3.05) is 13.2 Å². The third kappa shape index (κ3) is 25.8. The molecule has 0 aromatic heterocycles. The van der Waals surface area contributed by atoms with Crippen molar-refractivity contribution in [3.8, 4) is 0 Å². The summed E-state index contributed by atoms with van der Waals surface area (Å²) >= 11 is 0. The molecule has 33 heavy (non-hydrogen) atoms. The summed E-state index contributed by atoms with van der Waals surface area (Å²) in [5.74, 6) is 0.0804. The first-order valence-electron chi connectivity index (χ1n) is 13.2. The highest BCUT2D eigenvalue weighted by molar-refractivity contribution is 7.80. The van der Waals surface area contributed by atoms with E-state index in [1.165, 1.54) is 77.0 Å². The van der Waals surface area contributed by atoms with Crippen LogP contribution < -0.4 is 5.32 Å². The minimum absolute atomic E-state index is 0.0804. The molecule has 0 aliphatic rings. The topological polar surface area (TPSA) is 113 Å². The molecule has 0 fully saturated rings. The van der Waals surface area contributed by atoms with Gasteiger partial charge in [0.2, 0.25) is 5.91 Å². The molecular formula is C25H51NO6S. The Kier molecular flexibility index (Phi) is 20.2. The van der Waals surface area contributed by atoms with E-state index in [1.54, 1.807) is 13.8 Å². The summed E-state index contributed by atoms with van der Waals surface area (Å²) in [6.07, 6.45) is 21.0. The van der Waals surface area contributed by atoms with Crippen LogP contribution in [0.3, 0.4) is 0 Å². The van der Waals surface area contributed by atoms with Crippen LogP contribution >= 0.6 is 0 Å². The van der Waals surface area contributed by atoms with E-state index in [2.05, 4.69) is 9.50 Å². The first kappa shape index (κ1) is 32.3. The van der Waals surface area contributed by atoms with Gasteiger partial charge >= 0.3 is 10.4 Å². The summed E-state index contributed by atoms with van der Waals surface area (Å²) in [5, 5.41) is 11.7. The van der Waals surface area contributed by atoms with E-state index < -0.39 is 16.0 Å². The molecule has 0 rings (SSSR count). The average molecular weight is 494 g/mol. The second-order valence-corrected chi connectivity index (χ2v) is 10.9. The number of nitrogens with one attached hydrogen (secondary N) is 1. The third-order valence-electron chi connectivity index (χ3n) is 5.92. The van der Waals surface area contributed by atoms with Crippen LogP contribution in [-0.4, -0.2) is 42.7 Å². The highest BCUT2D eigenvalue weighted by atomic mass is 32.3. The van der Waals surface area contributed by atoms with Gasteiger partial charge in [0.15, 0.2) is 0 Å². The number of amides is 1. The maximum atomic E-state index is 11.9. The molecule has 0 bridgehead atoms. The van der Waals surface area contributed by atoms with Gasteiger partial charge in [0.05, 0.1) is 5.60 Å². The molecule has 0 atom stereocenters. The Morgan fingerprint density at radius 1 is 0.727 bits per heavy atom. The van der Waals surface area contributed by atoms with E-state index in [-0.39, 0.29) is 5.91 Å². The lowest BCUT2D eigenvalue weighted by molar-refractivity contribution is -0.121. The number of rotatable bonds is 24. The molecular weight excluding hydrogens is 442 g/mol. The summed E-state index contributed by atoms with van der Waals surface area (Å²) in [6, 6.07) is 0. The van der Waals surface area contributed by atoms with Gasteiger partial charge in [-0.1, -0.05) is 83.5 Å². The zero-order valence-corrected chi connectivity index (χ0v) is 22.1. The monoisotopic (exact) mass is 493 g/mol. The van der Waals surface area contributed by atoms with Gasteiger partial charge in [0.25, 0.3) is 0 Å². The number of aliphatic hydroxyl groups excluding tert-OH is 1. The molecule has 0 saturated carbocycles. The highest BCUT2D eigenvalue weighted by Gasteiger charge is 2.24. The van der Waals surface area contributed by atoms with E-state index in [4.69, 9.17) is 9.66 Å². The number of hydrogen-bond acceptors (Lipinski definition) is 5. The maximum absolute atomic E-state index is 11.9. The van der Waals surface area contributed by atoms with Crippen molar-refractivity contribution in [3.63, 3.8) is 0 Å². The van der Waals surface area contributed by atoms with Crippen molar-refractivity contribution < 1.29 is 27.1 Å². The predicted octanol–water partition coefficient (Wildman–Crippen LogP) is 6.10. The Morgan fingerprint density at radius 2 is 1.15 bits per heavy atom. The van der Waals surface area contributed by atoms with Gasteiger partial charge in [0, 0.05) is 19.6 Å². The van der Waals surface area contributed by atoms with Crippen LogP contribution in [0.2, 0.25) is 0 Å². The molecule has 8 heteroatoms. The molecule has 0 heterocycles. The maximum Gasteiger partial charge on any atom is 0.397 e. The molecule has 0 aromatic carbocycles. The van der Waals surface area contributed by atoms with Crippen LogP contribution in [0.25, 0.3) is 0 Å². The largest absolute Gasteiger partial charge is 0.397 e. The molecule has 1 amide bonds. The first-order valence-corrected chi connectivity index (χ1v) is 14.6. The standard InChI is InChI=1S/C25H51NO6S/c1-25(2,32-33(29,30)31)21-17-18-22-26-24(28)20-16-14-12-10-8-6-4-3-5-7-9-11-13-15-19-23-27/h27H,3-23H2,1-2H3,(H,26,28)(H,29,30,31). The summed E-state index contributed by atoms with van der Waals surface area (Å²) in [4.78, 5) is 11.9. The van der Waals surface area contributed by atoms with Gasteiger partial charge in [-0.2, -0.15) is 8.42 Å². The van der Waals surface area contributed by atoms with E-state index in [1.807, 2.05) is 0 Å². The van der Waals surface area contributed by atoms with Crippen molar-refractivity contribution in [3.05, 3.63) is 0 Å². The van der Waals surface area contributed by atoms with Gasteiger partial charge in [-0.05, 0) is 46.0 Å². The van der Waals surface area contributed by atoms with Crippen LogP contribution in [0, 0.1) is 0 Å². The fraction of sp³-hybridized carbons (Fsp3) is 0.960. The van der Waals surface area contributed by atoms with Gasteiger partial charge in [0.1, 0.15) is 0 Å². The molecule has 0 aliphatic heterocycles. The second kappa shape index (κ2) is 20.7. The molecule has 0 spiro atoms. The van der Waals surface area contributed by atoms with Crippen molar-refractivity contribution in [2.45, 2.75) is 141 Å². The SMILES string of the molecule is CC(C)(CCCCNC(=O)CCCCCCCCCCCCCCCCCO)OS(=O)(=O)O. The smallest absolute Gasteiger partial charge is 0.396 e. The van der Waals surface area contributed by atoms with E-state index in [0.717, 1.165) is 25.7 Å². The Hall–Kier alpha value is -0.700. The van der Waals surface area contributed by atoms with Gasteiger partial charge < -0.3 is 10.4 Å². The Bertz CT molecular complexity index is 565. The quantitative estimate of drug-likeness (QED) is 0.110. The number of hydrogen-bond donors (Lipinski definition) is 3. The predicted molar refractivity (Wildman–Crippen MR) is 135 cm³/mol. The molecule has 0 saturated heterocycles. The van der Waals surface area contributed by atoms with E-state index in [9.17, 15) is 13.2 Å². The Morgan fingerprint density at radius 3 is 1.58 bits per heavy atom. The van der Waals surface area contributed by atoms with E-state index in [0.29, 0.717) is 32.4 Å². The normalized spacial score (nSPS) is 12.2. The Labute approximate surface area is 203 Å². The lowest BCUT2D eigenvalue weighted by atomic mass is 10.0. The van der Waals surface area contributed by atoms with Crippen LogP contribution in [0.5, 0.6) is 0 Å². The lowest BCUT2D eigenvalue weighted by Gasteiger charge is -2.22. The minimum atomic E-state index is -4.44. The van der Waals surface area contributed by atoms with E-state index >= 15 is 0 Å². The highest BCUT2D eigenvalue weighted by Crippen LogP contribution is 2.20. The minimum Gasteiger partial charge on any atom is -0.396 e. The first-order chi connectivity index (χ1) is 15.7. The van der Waals surface area contributed by atoms with Gasteiger partial charge in [-0.3, -0.25) is 9.35 Å². The van der Waals surface area contributed by atoms with Crippen molar-refractivity contribution in [2.24, 2.45) is 0 Å². The summed E-state index contributed by atoms with van der Waals surface area (Å²) in [5.41, 5.74) is -0.946. The fourth-order valence-electron chi connectivity index (χ4n) is 4.01. The molecule has 7 nitrogen and oxygen atoms in total. The van der Waals surface area contributed by atoms with Gasteiger partial charge in [-0.15, -0.1) is 0 Å². The molecule has 198 valence electrons. The third-order valence-corrected chi connectivity index (χ3v) is 6.58.